The highest BCUT2D eigenvalue weighted by atomic mass is 19.4. The average Bonchev–Trinajstić information content (AvgIpc) is 2.88. The van der Waals surface area contributed by atoms with Gasteiger partial charge in [0.2, 0.25) is 5.91 Å². The lowest BCUT2D eigenvalue weighted by Gasteiger charge is -2.54. The summed E-state index contributed by atoms with van der Waals surface area (Å²) in [5.74, 6) is -1.38. The van der Waals surface area contributed by atoms with Crippen LogP contribution in [0.5, 0.6) is 0 Å². The number of amides is 1. The van der Waals surface area contributed by atoms with Crippen LogP contribution in [0.15, 0.2) is 0 Å². The topological polar surface area (TPSA) is 29.5 Å². The van der Waals surface area contributed by atoms with Crippen molar-refractivity contribution in [1.82, 2.24) is 4.90 Å². The van der Waals surface area contributed by atoms with Crippen LogP contribution in [0.25, 0.3) is 0 Å². The maximum atomic E-state index is 13.2. The van der Waals surface area contributed by atoms with Gasteiger partial charge in [-0.25, -0.2) is 0 Å². The Morgan fingerprint density at radius 1 is 1.25 bits per heavy atom. The Hall–Kier alpha value is -0.780. The Morgan fingerprint density at radius 2 is 2.00 bits per heavy atom. The quantitative estimate of drug-likeness (QED) is 0.743. The number of halogens is 3. The highest BCUT2D eigenvalue weighted by molar-refractivity contribution is 5.79. The third kappa shape index (κ3) is 2.32. The largest absolute Gasteiger partial charge is 0.392 e. The fourth-order valence-electron chi connectivity index (χ4n) is 3.98. The van der Waals surface area contributed by atoms with E-state index >= 15 is 0 Å². The Kier molecular flexibility index (Phi) is 3.47. The van der Waals surface area contributed by atoms with Crippen molar-refractivity contribution in [3.63, 3.8) is 0 Å². The van der Waals surface area contributed by atoms with Crippen molar-refractivity contribution in [2.45, 2.75) is 38.3 Å². The molecule has 0 aromatic heterocycles. The Morgan fingerprint density at radius 3 is 2.50 bits per heavy atom. The Bertz CT molecular complexity index is 386. The van der Waals surface area contributed by atoms with E-state index in [1.807, 2.05) is 0 Å². The van der Waals surface area contributed by atoms with Gasteiger partial charge in [0.25, 0.3) is 0 Å². The fourth-order valence-corrected chi connectivity index (χ4v) is 3.98. The molecule has 0 aromatic carbocycles. The predicted octanol–water partition coefficient (Wildman–Crippen LogP) is 2.60. The van der Waals surface area contributed by atoms with Crippen LogP contribution in [-0.4, -0.2) is 43.3 Å². The summed E-state index contributed by atoms with van der Waals surface area (Å²) in [6, 6.07) is 0. The maximum absolute atomic E-state index is 13.2. The first-order chi connectivity index (χ1) is 9.42. The van der Waals surface area contributed by atoms with Gasteiger partial charge in [0.15, 0.2) is 0 Å². The van der Waals surface area contributed by atoms with Gasteiger partial charge in [0, 0.05) is 19.7 Å². The normalized spacial score (nSPS) is 33.2. The first-order valence-corrected chi connectivity index (χ1v) is 7.36. The van der Waals surface area contributed by atoms with E-state index in [4.69, 9.17) is 4.74 Å². The van der Waals surface area contributed by atoms with Crippen LogP contribution in [0.3, 0.4) is 0 Å². The summed E-state index contributed by atoms with van der Waals surface area (Å²) in [7, 11) is 0. The van der Waals surface area contributed by atoms with E-state index in [0.717, 1.165) is 6.42 Å². The molecule has 1 saturated carbocycles. The van der Waals surface area contributed by atoms with Gasteiger partial charge in [-0.1, -0.05) is 6.42 Å². The summed E-state index contributed by atoms with van der Waals surface area (Å²) in [5.41, 5.74) is -0.703. The van der Waals surface area contributed by atoms with Crippen LogP contribution in [0.1, 0.15) is 32.1 Å². The first kappa shape index (κ1) is 14.2. The zero-order valence-corrected chi connectivity index (χ0v) is 11.4. The van der Waals surface area contributed by atoms with E-state index in [1.165, 1.54) is 0 Å². The van der Waals surface area contributed by atoms with Crippen LogP contribution in [0, 0.1) is 17.3 Å². The molecule has 2 saturated heterocycles. The number of carbonyl (C=O) groups excluding carboxylic acids is 1. The van der Waals surface area contributed by atoms with Gasteiger partial charge in [-0.15, -0.1) is 0 Å². The molecular formula is C14H20F3NO2. The predicted molar refractivity (Wildman–Crippen MR) is 66.0 cm³/mol. The minimum atomic E-state index is -4.13. The molecule has 3 nitrogen and oxygen atoms in total. The van der Waals surface area contributed by atoms with Crippen molar-refractivity contribution < 1.29 is 22.7 Å². The van der Waals surface area contributed by atoms with Crippen LogP contribution in [-0.2, 0) is 9.53 Å². The molecule has 2 atom stereocenters. The molecule has 0 radical (unpaired) electrons. The molecule has 0 unspecified atom stereocenters. The average molecular weight is 291 g/mol. The van der Waals surface area contributed by atoms with E-state index < -0.39 is 17.5 Å². The number of likely N-dealkylation sites (tertiary alicyclic amines) is 1. The number of hydrogen-bond acceptors (Lipinski definition) is 2. The molecular weight excluding hydrogens is 271 g/mol. The number of alkyl halides is 3. The second-order valence-corrected chi connectivity index (χ2v) is 6.42. The highest BCUT2D eigenvalue weighted by Gasteiger charge is 2.58. The minimum Gasteiger partial charge on any atom is -0.381 e. The van der Waals surface area contributed by atoms with Crippen molar-refractivity contribution in [1.29, 1.82) is 0 Å². The lowest BCUT2D eigenvalue weighted by molar-refractivity contribution is -0.238. The summed E-state index contributed by atoms with van der Waals surface area (Å²) >= 11 is 0. The van der Waals surface area contributed by atoms with E-state index in [1.54, 1.807) is 4.90 Å². The van der Waals surface area contributed by atoms with Gasteiger partial charge in [-0.2, -0.15) is 13.2 Å². The van der Waals surface area contributed by atoms with Gasteiger partial charge < -0.3 is 9.64 Å². The molecule has 3 rings (SSSR count). The second kappa shape index (κ2) is 4.90. The first-order valence-electron chi connectivity index (χ1n) is 7.36. The molecule has 0 bridgehead atoms. The Balaban J connectivity index is 1.71. The van der Waals surface area contributed by atoms with E-state index in [-0.39, 0.29) is 31.3 Å². The molecule has 20 heavy (non-hydrogen) atoms. The standard InChI is InChI=1S/C14H20F3NO2/c15-14(16,17)11-2-6-18(9-13(11)4-1-5-13)12(19)10-3-7-20-8-10/h10-11H,1-9H2/t10-,11-/m1/s1. The molecule has 2 aliphatic heterocycles. The zero-order chi connectivity index (χ0) is 14.4. The van der Waals surface area contributed by atoms with Gasteiger partial charge in [-0.3, -0.25) is 4.79 Å². The second-order valence-electron chi connectivity index (χ2n) is 6.42. The molecule has 3 aliphatic rings. The molecule has 2 heterocycles. The third-order valence-electron chi connectivity index (χ3n) is 5.27. The summed E-state index contributed by atoms with van der Waals surface area (Å²) in [5, 5.41) is 0. The molecule has 1 spiro atoms. The lowest BCUT2D eigenvalue weighted by Crippen LogP contribution is -2.58. The molecule has 0 N–H and O–H groups in total. The summed E-state index contributed by atoms with van der Waals surface area (Å²) in [4.78, 5) is 14.0. The number of carbonyl (C=O) groups is 1. The summed E-state index contributed by atoms with van der Waals surface area (Å²) in [6.45, 7) is 1.53. The van der Waals surface area contributed by atoms with Gasteiger partial charge in [-0.05, 0) is 31.1 Å². The van der Waals surface area contributed by atoms with Crippen LogP contribution in [0.2, 0.25) is 0 Å². The molecule has 1 aliphatic carbocycles. The smallest absolute Gasteiger partial charge is 0.381 e. The molecule has 6 heteroatoms. The van der Waals surface area contributed by atoms with Crippen molar-refractivity contribution in [3.8, 4) is 0 Å². The monoisotopic (exact) mass is 291 g/mol. The van der Waals surface area contributed by atoms with E-state index in [9.17, 15) is 18.0 Å². The van der Waals surface area contributed by atoms with Crippen molar-refractivity contribution in [2.24, 2.45) is 17.3 Å². The third-order valence-corrected chi connectivity index (χ3v) is 5.27. The van der Waals surface area contributed by atoms with Crippen molar-refractivity contribution >= 4 is 5.91 Å². The summed E-state index contributed by atoms with van der Waals surface area (Å²) in [6.07, 6.45) is -1.33. The molecule has 114 valence electrons. The van der Waals surface area contributed by atoms with Gasteiger partial charge in [0.05, 0.1) is 18.4 Å². The molecule has 3 fully saturated rings. The van der Waals surface area contributed by atoms with E-state index in [2.05, 4.69) is 0 Å². The highest BCUT2D eigenvalue weighted by Crippen LogP contribution is 2.56. The van der Waals surface area contributed by atoms with Gasteiger partial charge >= 0.3 is 6.18 Å². The van der Waals surface area contributed by atoms with Crippen LogP contribution in [0.4, 0.5) is 13.2 Å². The SMILES string of the molecule is O=C([C@@H]1CCOC1)N1CC[C@@H](C(F)(F)F)C2(CCC2)C1. The Labute approximate surface area is 116 Å². The summed E-state index contributed by atoms with van der Waals surface area (Å²) < 4.78 is 44.7. The van der Waals surface area contributed by atoms with Crippen LogP contribution >= 0.6 is 0 Å². The molecule has 0 aromatic rings. The van der Waals surface area contributed by atoms with Crippen molar-refractivity contribution in [2.75, 3.05) is 26.3 Å². The van der Waals surface area contributed by atoms with Crippen LogP contribution < -0.4 is 0 Å². The lowest BCUT2D eigenvalue weighted by atomic mass is 9.58. The number of nitrogens with zero attached hydrogens (tertiary/aromatic N) is 1. The van der Waals surface area contributed by atoms with Crippen molar-refractivity contribution in [3.05, 3.63) is 0 Å². The van der Waals surface area contributed by atoms with Gasteiger partial charge in [0.1, 0.15) is 0 Å². The number of hydrogen-bond donors (Lipinski definition) is 0. The van der Waals surface area contributed by atoms with E-state index in [0.29, 0.717) is 32.5 Å². The number of piperidine rings is 1. The minimum absolute atomic E-state index is 0.00519. The maximum Gasteiger partial charge on any atom is 0.392 e. The zero-order valence-electron chi connectivity index (χ0n) is 11.4. The number of ether oxygens (including phenoxy) is 1. The molecule has 1 amide bonds. The number of rotatable bonds is 1. The fraction of sp³-hybridized carbons (Fsp3) is 0.929.